The molecule has 112 valence electrons. The minimum absolute atomic E-state index is 0.215. The summed E-state index contributed by atoms with van der Waals surface area (Å²) >= 11 is 0. The quantitative estimate of drug-likeness (QED) is 0.366. The van der Waals surface area contributed by atoms with Gasteiger partial charge in [-0.3, -0.25) is 9.32 Å². The number of amides is 1. The molecule has 0 aliphatic rings. The van der Waals surface area contributed by atoms with E-state index in [2.05, 4.69) is 9.84 Å². The molecule has 0 radical (unpaired) electrons. The van der Waals surface area contributed by atoms with Crippen LogP contribution in [0.4, 0.5) is 0 Å². The van der Waals surface area contributed by atoms with Crippen molar-refractivity contribution in [3.8, 4) is 0 Å². The number of rotatable bonds is 8. The predicted octanol–water partition coefficient (Wildman–Crippen LogP) is -2.26. The first kappa shape index (κ1) is 18.0. The van der Waals surface area contributed by atoms with E-state index in [1.807, 2.05) is 0 Å². The average molecular weight is 298 g/mol. The fraction of sp³-hybridized carbons (Fsp3) is 0.778. The fourth-order valence-corrected chi connectivity index (χ4v) is 1.57. The third kappa shape index (κ3) is 7.91. The summed E-state index contributed by atoms with van der Waals surface area (Å²) in [6, 6.07) is 0. The highest BCUT2D eigenvalue weighted by Crippen LogP contribution is 2.38. The van der Waals surface area contributed by atoms with Gasteiger partial charge in [-0.1, -0.05) is 13.8 Å². The smallest absolute Gasteiger partial charge is 0.469 e. The summed E-state index contributed by atoms with van der Waals surface area (Å²) in [6.07, 6.45) is -2.02. The number of aliphatic hydroxyl groups excluding tert-OH is 1. The monoisotopic (exact) mass is 298 g/mol. The summed E-state index contributed by atoms with van der Waals surface area (Å²) in [5.41, 5.74) is -1.26. The first-order valence-corrected chi connectivity index (χ1v) is 6.84. The van der Waals surface area contributed by atoms with Gasteiger partial charge in [-0.05, 0) is 0 Å². The summed E-state index contributed by atoms with van der Waals surface area (Å²) in [6.45, 7) is 1.97. The second kappa shape index (κ2) is 6.97. The van der Waals surface area contributed by atoms with Crippen LogP contribution in [-0.4, -0.2) is 46.0 Å². The number of hydrogen-bond acceptors (Lipinski definition) is 6. The van der Waals surface area contributed by atoms with E-state index in [1.165, 1.54) is 13.8 Å². The molecule has 0 unspecified atom stereocenters. The number of nitrogens with one attached hydrogen (secondary N) is 1. The number of carbonyl (C=O) groups is 2. The zero-order valence-corrected chi connectivity index (χ0v) is 11.4. The van der Waals surface area contributed by atoms with Gasteiger partial charge in [-0.2, -0.15) is 0 Å². The Kier molecular flexibility index (Phi) is 6.61. The van der Waals surface area contributed by atoms with E-state index >= 15 is 0 Å². The number of hydrogen-bond donors (Lipinski definition) is 4. The number of phosphoric acid groups is 1. The first-order valence-electron chi connectivity index (χ1n) is 5.31. The summed E-state index contributed by atoms with van der Waals surface area (Å²) in [4.78, 5) is 38.7. The molecule has 0 saturated carbocycles. The molecule has 0 saturated heterocycles. The van der Waals surface area contributed by atoms with Gasteiger partial charge in [-0.25, -0.2) is 4.57 Å². The Labute approximate surface area is 109 Å². The van der Waals surface area contributed by atoms with Crippen LogP contribution >= 0.6 is 7.82 Å². The molecule has 0 spiro atoms. The van der Waals surface area contributed by atoms with E-state index in [0.717, 1.165) is 0 Å². The predicted molar refractivity (Wildman–Crippen MR) is 60.4 cm³/mol. The maximum atomic E-state index is 11.5. The highest BCUT2D eigenvalue weighted by atomic mass is 31.2. The van der Waals surface area contributed by atoms with Crippen LogP contribution in [0.15, 0.2) is 0 Å². The van der Waals surface area contributed by atoms with Crippen LogP contribution in [0.2, 0.25) is 0 Å². The fourth-order valence-electron chi connectivity index (χ4n) is 1.07. The molecular formula is C9H17NO8P-. The Morgan fingerprint density at radius 1 is 1.42 bits per heavy atom. The van der Waals surface area contributed by atoms with Crippen molar-refractivity contribution in [2.24, 2.45) is 5.41 Å². The highest BCUT2D eigenvalue weighted by Gasteiger charge is 2.35. The lowest BCUT2D eigenvalue weighted by Crippen LogP contribution is -2.46. The van der Waals surface area contributed by atoms with Gasteiger partial charge < -0.3 is 30.1 Å². The molecule has 0 heterocycles. The molecule has 4 N–H and O–H groups in total. The van der Waals surface area contributed by atoms with Crippen LogP contribution in [0.5, 0.6) is 0 Å². The van der Waals surface area contributed by atoms with Crippen LogP contribution in [0.3, 0.4) is 0 Å². The molecule has 0 bridgehead atoms. The van der Waals surface area contributed by atoms with Gasteiger partial charge in [0, 0.05) is 24.3 Å². The number of phosphoric ester groups is 1. The Balaban J connectivity index is 4.35. The molecule has 0 aliphatic heterocycles. The standard InChI is InChI=1S/C9H18NO8P/c1-9(2,5-18-19(15,16)17)7(13)8(14)10-4-3-6(11)12/h7,13H,3-5H2,1-2H3,(H,10,14)(H,11,12)(H2,15,16,17)/p-1/t7-/m0/s1. The summed E-state index contributed by atoms with van der Waals surface area (Å²) < 4.78 is 14.8. The topological polar surface area (TPSA) is 156 Å². The molecule has 0 aromatic rings. The van der Waals surface area contributed by atoms with Crippen LogP contribution in [0.1, 0.15) is 20.3 Å². The first-order chi connectivity index (χ1) is 8.46. The van der Waals surface area contributed by atoms with Crippen molar-refractivity contribution in [1.29, 1.82) is 0 Å². The minimum Gasteiger partial charge on any atom is -0.550 e. The lowest BCUT2D eigenvalue weighted by atomic mass is 9.87. The number of carbonyl (C=O) groups excluding carboxylic acids is 2. The molecular weight excluding hydrogens is 281 g/mol. The number of aliphatic hydroxyl groups is 1. The molecule has 1 atom stereocenters. The van der Waals surface area contributed by atoms with Crippen LogP contribution in [0, 0.1) is 5.41 Å². The van der Waals surface area contributed by atoms with Crippen molar-refractivity contribution in [3.63, 3.8) is 0 Å². The van der Waals surface area contributed by atoms with E-state index in [-0.39, 0.29) is 6.54 Å². The third-order valence-electron chi connectivity index (χ3n) is 2.22. The number of carboxylic acids is 1. The maximum absolute atomic E-state index is 11.5. The Bertz CT molecular complexity index is 376. The Morgan fingerprint density at radius 3 is 2.37 bits per heavy atom. The van der Waals surface area contributed by atoms with Gasteiger partial charge in [0.05, 0.1) is 6.61 Å². The van der Waals surface area contributed by atoms with E-state index < -0.39 is 44.2 Å². The van der Waals surface area contributed by atoms with Crippen molar-refractivity contribution < 1.29 is 38.7 Å². The second-order valence-corrected chi connectivity index (χ2v) is 5.81. The van der Waals surface area contributed by atoms with Gasteiger partial charge in [0.1, 0.15) is 6.10 Å². The van der Waals surface area contributed by atoms with E-state index in [9.17, 15) is 24.4 Å². The lowest BCUT2D eigenvalue weighted by Gasteiger charge is -2.29. The summed E-state index contributed by atoms with van der Waals surface area (Å²) in [5, 5.41) is 22.0. The van der Waals surface area contributed by atoms with Crippen LogP contribution in [0.25, 0.3) is 0 Å². The van der Waals surface area contributed by atoms with Crippen LogP contribution in [-0.2, 0) is 18.7 Å². The Hall–Kier alpha value is -0.990. The largest absolute Gasteiger partial charge is 0.550 e. The Morgan fingerprint density at radius 2 is 1.95 bits per heavy atom. The van der Waals surface area contributed by atoms with E-state index in [4.69, 9.17) is 9.79 Å². The number of aliphatic carboxylic acids is 1. The summed E-state index contributed by atoms with van der Waals surface area (Å²) in [7, 11) is -4.70. The SMILES string of the molecule is CC(C)(COP(=O)(O)O)[C@@H](O)C(=O)NCCC(=O)[O-]. The second-order valence-electron chi connectivity index (χ2n) is 4.57. The summed E-state index contributed by atoms with van der Waals surface area (Å²) in [5.74, 6) is -2.21. The van der Waals surface area contributed by atoms with Crippen molar-refractivity contribution in [3.05, 3.63) is 0 Å². The van der Waals surface area contributed by atoms with Crippen molar-refractivity contribution in [1.82, 2.24) is 5.32 Å². The molecule has 0 aliphatic carbocycles. The minimum atomic E-state index is -4.70. The highest BCUT2D eigenvalue weighted by molar-refractivity contribution is 7.46. The van der Waals surface area contributed by atoms with Gasteiger partial charge in [0.25, 0.3) is 0 Å². The van der Waals surface area contributed by atoms with Gasteiger partial charge >= 0.3 is 7.82 Å². The molecule has 19 heavy (non-hydrogen) atoms. The zero-order chi connectivity index (χ0) is 15.3. The molecule has 0 aromatic heterocycles. The molecule has 9 nitrogen and oxygen atoms in total. The third-order valence-corrected chi connectivity index (χ3v) is 2.69. The normalized spacial score (nSPS) is 13.9. The molecule has 0 aromatic carbocycles. The molecule has 0 fully saturated rings. The van der Waals surface area contributed by atoms with Crippen molar-refractivity contribution in [2.45, 2.75) is 26.4 Å². The lowest BCUT2D eigenvalue weighted by molar-refractivity contribution is -0.305. The van der Waals surface area contributed by atoms with E-state index in [1.54, 1.807) is 0 Å². The van der Waals surface area contributed by atoms with Crippen molar-refractivity contribution >= 4 is 19.7 Å². The van der Waals surface area contributed by atoms with Gasteiger partial charge in [0.2, 0.25) is 5.91 Å². The van der Waals surface area contributed by atoms with Gasteiger partial charge in [-0.15, -0.1) is 0 Å². The zero-order valence-electron chi connectivity index (χ0n) is 10.5. The van der Waals surface area contributed by atoms with Crippen LogP contribution < -0.4 is 10.4 Å². The average Bonchev–Trinajstić information content (AvgIpc) is 2.24. The molecule has 1 amide bonds. The van der Waals surface area contributed by atoms with Crippen molar-refractivity contribution in [2.75, 3.05) is 13.2 Å². The van der Waals surface area contributed by atoms with Gasteiger partial charge in [0.15, 0.2) is 0 Å². The maximum Gasteiger partial charge on any atom is 0.469 e. The number of carboxylic acid groups (broad SMARTS) is 1. The molecule has 10 heteroatoms. The molecule has 0 rings (SSSR count). The van der Waals surface area contributed by atoms with E-state index in [0.29, 0.717) is 0 Å².